The van der Waals surface area contributed by atoms with Crippen molar-refractivity contribution in [3.8, 4) is 11.8 Å². The molecule has 4 heterocycles. The Balaban J connectivity index is 1.69. The van der Waals surface area contributed by atoms with Gasteiger partial charge in [-0.2, -0.15) is 0 Å². The van der Waals surface area contributed by atoms with Crippen molar-refractivity contribution < 1.29 is 27.9 Å². The van der Waals surface area contributed by atoms with E-state index in [2.05, 4.69) is 32.7 Å². The Labute approximate surface area is 196 Å². The predicted octanol–water partition coefficient (Wildman–Crippen LogP) is 1.42. The molecule has 0 saturated carbocycles. The Morgan fingerprint density at radius 2 is 1.85 bits per heavy atom. The standard InChI is InChI=1S/C22H19F2N5O4S/c1-9-8-29-17-13(6-12(15(23)16(17)24)4-5-14-28-27-11(3)34-14)7-22(18(29)10(2)33-9)19(30)25-21(32)26-20(22)31/h6,9-10,18H,7-8H2,1-3H3,(H2,25,26,30,31,32)/t9-,10+,18-/m0/s1. The highest BCUT2D eigenvalue weighted by molar-refractivity contribution is 7.11. The molecule has 4 amide bonds. The Kier molecular flexibility index (Phi) is 5.14. The van der Waals surface area contributed by atoms with Crippen molar-refractivity contribution in [3.05, 3.63) is 38.8 Å². The minimum atomic E-state index is -1.79. The highest BCUT2D eigenvalue weighted by atomic mass is 32.1. The zero-order valence-electron chi connectivity index (χ0n) is 18.4. The van der Waals surface area contributed by atoms with E-state index in [0.29, 0.717) is 10.0 Å². The van der Waals surface area contributed by atoms with Crippen LogP contribution in [0.3, 0.4) is 0 Å². The molecule has 0 radical (unpaired) electrons. The fourth-order valence-electron chi connectivity index (χ4n) is 5.10. The average Bonchev–Trinajstić information content (AvgIpc) is 3.17. The molecular weight excluding hydrogens is 468 g/mol. The van der Waals surface area contributed by atoms with Crippen LogP contribution < -0.4 is 15.5 Å². The number of nitrogens with one attached hydrogen (secondary N) is 2. The summed E-state index contributed by atoms with van der Waals surface area (Å²) in [6.07, 6.45) is -1.34. The number of amides is 4. The number of aromatic nitrogens is 2. The zero-order valence-corrected chi connectivity index (χ0v) is 19.2. The number of barbiturate groups is 1. The van der Waals surface area contributed by atoms with E-state index < -0.39 is 47.0 Å². The first-order chi connectivity index (χ1) is 16.1. The first-order valence-electron chi connectivity index (χ1n) is 10.5. The van der Waals surface area contributed by atoms with Crippen molar-refractivity contribution in [3.63, 3.8) is 0 Å². The summed E-state index contributed by atoms with van der Waals surface area (Å²) < 4.78 is 36.5. The number of imide groups is 2. The predicted molar refractivity (Wildman–Crippen MR) is 116 cm³/mol. The minimum Gasteiger partial charge on any atom is -0.372 e. The Bertz CT molecular complexity index is 1300. The van der Waals surface area contributed by atoms with Crippen LogP contribution in [0.1, 0.15) is 35.0 Å². The van der Waals surface area contributed by atoms with Gasteiger partial charge in [0.25, 0.3) is 0 Å². The number of carbonyl (C=O) groups excluding carboxylic acids is 3. The van der Waals surface area contributed by atoms with Gasteiger partial charge < -0.3 is 9.64 Å². The van der Waals surface area contributed by atoms with Gasteiger partial charge in [-0.1, -0.05) is 17.3 Å². The van der Waals surface area contributed by atoms with E-state index in [4.69, 9.17) is 4.74 Å². The molecule has 1 spiro atoms. The lowest BCUT2D eigenvalue weighted by Gasteiger charge is -2.55. The highest BCUT2D eigenvalue weighted by Gasteiger charge is 2.63. The second-order valence-electron chi connectivity index (χ2n) is 8.57. The number of aryl methyl sites for hydroxylation is 1. The van der Waals surface area contributed by atoms with Gasteiger partial charge in [0.2, 0.25) is 11.8 Å². The van der Waals surface area contributed by atoms with Crippen LogP contribution >= 0.6 is 11.3 Å². The van der Waals surface area contributed by atoms with Crippen molar-refractivity contribution in [1.29, 1.82) is 0 Å². The number of urea groups is 1. The summed E-state index contributed by atoms with van der Waals surface area (Å²) in [6, 6.07) is -0.548. The lowest BCUT2D eigenvalue weighted by Crippen LogP contribution is -2.75. The van der Waals surface area contributed by atoms with E-state index in [1.807, 2.05) is 0 Å². The number of rotatable bonds is 0. The van der Waals surface area contributed by atoms with E-state index in [1.54, 1.807) is 20.8 Å². The molecule has 5 rings (SSSR count). The third-order valence-corrected chi connectivity index (χ3v) is 7.05. The van der Waals surface area contributed by atoms with Gasteiger partial charge in [0.05, 0.1) is 29.5 Å². The van der Waals surface area contributed by atoms with Crippen molar-refractivity contribution in [2.24, 2.45) is 5.41 Å². The number of halogens is 2. The summed E-state index contributed by atoms with van der Waals surface area (Å²) in [5.74, 6) is 1.38. The van der Waals surface area contributed by atoms with E-state index >= 15 is 8.78 Å². The lowest BCUT2D eigenvalue weighted by molar-refractivity contribution is -0.153. The molecule has 0 aliphatic carbocycles. The molecule has 1 aromatic carbocycles. The van der Waals surface area contributed by atoms with Gasteiger partial charge in [0, 0.05) is 13.0 Å². The third-order valence-electron chi connectivity index (χ3n) is 6.30. The van der Waals surface area contributed by atoms with Crippen molar-refractivity contribution in [1.82, 2.24) is 20.8 Å². The van der Waals surface area contributed by atoms with Gasteiger partial charge in [-0.05, 0) is 38.3 Å². The molecule has 34 heavy (non-hydrogen) atoms. The third kappa shape index (κ3) is 3.26. The maximum Gasteiger partial charge on any atom is 0.328 e. The van der Waals surface area contributed by atoms with Crippen molar-refractivity contribution >= 4 is 34.9 Å². The second kappa shape index (κ2) is 7.82. The average molecular weight is 487 g/mol. The van der Waals surface area contributed by atoms with Crippen LogP contribution in [0.15, 0.2) is 6.07 Å². The molecule has 0 unspecified atom stereocenters. The highest BCUT2D eigenvalue weighted by Crippen LogP contribution is 2.48. The monoisotopic (exact) mass is 487 g/mol. The molecule has 3 atom stereocenters. The quantitative estimate of drug-likeness (QED) is 0.427. The summed E-state index contributed by atoms with van der Waals surface area (Å²) in [5, 5.41) is 13.0. The number of morpholine rings is 1. The number of fused-ring (bicyclic) bond motifs is 4. The maximum absolute atomic E-state index is 15.5. The molecule has 2 aromatic rings. The normalized spacial score (nSPS) is 25.1. The summed E-state index contributed by atoms with van der Waals surface area (Å²) >= 11 is 1.21. The van der Waals surface area contributed by atoms with Crippen LogP contribution in [-0.4, -0.2) is 52.8 Å². The first kappa shape index (κ1) is 22.4. The number of anilines is 1. The van der Waals surface area contributed by atoms with Gasteiger partial charge >= 0.3 is 6.03 Å². The Morgan fingerprint density at radius 1 is 1.15 bits per heavy atom. The van der Waals surface area contributed by atoms with Gasteiger partial charge in [-0.3, -0.25) is 20.2 Å². The molecule has 2 saturated heterocycles. The minimum absolute atomic E-state index is 0.0371. The SMILES string of the molecule is Cc1nnc(C#Cc2cc3c(c(F)c2F)N2C[C@H](C)O[C@H](C)[C@H]2C2(C3)C(=O)NC(=O)NC2=O)s1. The van der Waals surface area contributed by atoms with Gasteiger partial charge in [-0.15, -0.1) is 10.2 Å². The van der Waals surface area contributed by atoms with Crippen LogP contribution in [0.4, 0.5) is 19.3 Å². The lowest BCUT2D eigenvalue weighted by atomic mass is 9.66. The number of ether oxygens (including phenoxy) is 1. The maximum atomic E-state index is 15.5. The molecule has 0 bridgehead atoms. The van der Waals surface area contributed by atoms with E-state index in [9.17, 15) is 14.4 Å². The molecule has 1 aromatic heterocycles. The second-order valence-corrected chi connectivity index (χ2v) is 9.75. The number of benzene rings is 1. The summed E-state index contributed by atoms with van der Waals surface area (Å²) in [7, 11) is 0. The van der Waals surface area contributed by atoms with Gasteiger partial charge in [-0.25, -0.2) is 13.6 Å². The summed E-state index contributed by atoms with van der Waals surface area (Å²) in [5.41, 5.74) is -1.83. The molecule has 12 heteroatoms. The van der Waals surface area contributed by atoms with Gasteiger partial charge in [0.15, 0.2) is 22.1 Å². The van der Waals surface area contributed by atoms with Crippen LogP contribution in [0.25, 0.3) is 0 Å². The van der Waals surface area contributed by atoms with Crippen LogP contribution in [0.2, 0.25) is 0 Å². The summed E-state index contributed by atoms with van der Waals surface area (Å²) in [6.45, 7) is 5.28. The Hall–Kier alpha value is -3.43. The molecule has 2 fully saturated rings. The number of carbonyl (C=O) groups is 3. The van der Waals surface area contributed by atoms with E-state index in [-0.39, 0.29) is 35.9 Å². The van der Waals surface area contributed by atoms with E-state index in [1.165, 1.54) is 22.3 Å². The Morgan fingerprint density at radius 3 is 2.50 bits per heavy atom. The molecule has 9 nitrogen and oxygen atoms in total. The molecule has 3 aliphatic heterocycles. The topological polar surface area (TPSA) is 114 Å². The molecular formula is C22H19F2N5O4S. The number of hydrogen-bond donors (Lipinski definition) is 2. The smallest absolute Gasteiger partial charge is 0.328 e. The first-order valence-corrected chi connectivity index (χ1v) is 11.4. The molecule has 2 N–H and O–H groups in total. The zero-order chi connectivity index (χ0) is 24.4. The van der Waals surface area contributed by atoms with E-state index in [0.717, 1.165) is 0 Å². The fraction of sp³-hybridized carbons (Fsp3) is 0.409. The number of nitrogens with zero attached hydrogens (tertiary/aromatic N) is 3. The molecule has 176 valence electrons. The van der Waals surface area contributed by atoms with Crippen LogP contribution in [-0.2, 0) is 20.7 Å². The van der Waals surface area contributed by atoms with Crippen LogP contribution in [0, 0.1) is 35.8 Å². The van der Waals surface area contributed by atoms with Crippen molar-refractivity contribution in [2.45, 2.75) is 45.4 Å². The largest absolute Gasteiger partial charge is 0.372 e. The molecule has 3 aliphatic rings. The summed E-state index contributed by atoms with van der Waals surface area (Å²) in [4.78, 5) is 39.6. The number of hydrogen-bond acceptors (Lipinski definition) is 8. The van der Waals surface area contributed by atoms with Crippen molar-refractivity contribution in [2.75, 3.05) is 11.4 Å². The van der Waals surface area contributed by atoms with Crippen LogP contribution in [0.5, 0.6) is 0 Å². The van der Waals surface area contributed by atoms with Gasteiger partial charge in [0.1, 0.15) is 5.01 Å². The fourth-order valence-corrected chi connectivity index (χ4v) is 5.64.